The summed E-state index contributed by atoms with van der Waals surface area (Å²) >= 11 is 6.03. The summed E-state index contributed by atoms with van der Waals surface area (Å²) in [6.45, 7) is 5.84. The molecule has 2 aromatic rings. The van der Waals surface area contributed by atoms with Gasteiger partial charge in [0.05, 0.1) is 19.1 Å². The van der Waals surface area contributed by atoms with Crippen LogP contribution in [-0.2, 0) is 9.53 Å². The van der Waals surface area contributed by atoms with Gasteiger partial charge in [-0.1, -0.05) is 18.5 Å². The van der Waals surface area contributed by atoms with Crippen LogP contribution in [0.4, 0.5) is 6.01 Å². The van der Waals surface area contributed by atoms with E-state index in [4.69, 9.17) is 20.8 Å². The number of piperidine rings is 1. The Hall–Kier alpha value is -1.79. The number of benzene rings is 1. The zero-order chi connectivity index (χ0) is 18.3. The molecule has 3 heterocycles. The van der Waals surface area contributed by atoms with Gasteiger partial charge in [-0.25, -0.2) is 0 Å². The Morgan fingerprint density at radius 1 is 1.46 bits per heavy atom. The van der Waals surface area contributed by atoms with Crippen molar-refractivity contribution < 1.29 is 13.9 Å². The molecule has 1 unspecified atom stereocenters. The van der Waals surface area contributed by atoms with Gasteiger partial charge in [0.25, 0.3) is 6.01 Å². The van der Waals surface area contributed by atoms with Crippen LogP contribution in [0.1, 0.15) is 19.8 Å². The molecule has 0 saturated carbocycles. The SMILES string of the molecule is CN(CC1(C)COC1)C(=O)C1CCCN(c2nc3cc(Cl)ccc3o2)C1. The third kappa shape index (κ3) is 3.40. The number of oxazole rings is 1. The maximum absolute atomic E-state index is 12.9. The van der Waals surface area contributed by atoms with Gasteiger partial charge in [0.2, 0.25) is 5.91 Å². The van der Waals surface area contributed by atoms with Crippen LogP contribution >= 0.6 is 11.6 Å². The maximum Gasteiger partial charge on any atom is 0.298 e. The predicted octanol–water partition coefficient (Wildman–Crippen LogP) is 3.19. The van der Waals surface area contributed by atoms with E-state index >= 15 is 0 Å². The van der Waals surface area contributed by atoms with Gasteiger partial charge in [-0.05, 0) is 31.0 Å². The molecular weight excluding hydrogens is 354 g/mol. The summed E-state index contributed by atoms with van der Waals surface area (Å²) in [5.41, 5.74) is 1.56. The number of anilines is 1. The van der Waals surface area contributed by atoms with Crippen molar-refractivity contribution in [3.05, 3.63) is 23.2 Å². The molecule has 1 aromatic carbocycles. The van der Waals surface area contributed by atoms with Crippen molar-refractivity contribution in [1.82, 2.24) is 9.88 Å². The summed E-state index contributed by atoms with van der Waals surface area (Å²) in [6.07, 6.45) is 1.85. The minimum Gasteiger partial charge on any atom is -0.423 e. The van der Waals surface area contributed by atoms with Gasteiger partial charge < -0.3 is 19.0 Å². The molecule has 26 heavy (non-hydrogen) atoms. The minimum atomic E-state index is -0.0306. The van der Waals surface area contributed by atoms with E-state index in [1.807, 2.05) is 18.0 Å². The molecule has 0 aliphatic carbocycles. The van der Waals surface area contributed by atoms with E-state index in [1.165, 1.54) is 0 Å². The molecule has 2 aliphatic rings. The number of carbonyl (C=O) groups is 1. The van der Waals surface area contributed by atoms with Crippen LogP contribution in [0.3, 0.4) is 0 Å². The molecule has 6 nitrogen and oxygen atoms in total. The minimum absolute atomic E-state index is 0.0306. The summed E-state index contributed by atoms with van der Waals surface area (Å²) in [4.78, 5) is 21.4. The normalized spacial score (nSPS) is 22.3. The van der Waals surface area contributed by atoms with Crippen LogP contribution in [0, 0.1) is 11.3 Å². The number of rotatable bonds is 4. The molecular formula is C19H24ClN3O3. The number of aromatic nitrogens is 1. The van der Waals surface area contributed by atoms with Crippen molar-refractivity contribution in [2.24, 2.45) is 11.3 Å². The predicted molar refractivity (Wildman–Crippen MR) is 101 cm³/mol. The van der Waals surface area contributed by atoms with Crippen LogP contribution in [0.5, 0.6) is 0 Å². The third-order valence-electron chi connectivity index (χ3n) is 5.28. The van der Waals surface area contributed by atoms with Gasteiger partial charge in [0.15, 0.2) is 5.58 Å². The molecule has 1 aromatic heterocycles. The van der Waals surface area contributed by atoms with Crippen molar-refractivity contribution in [3.63, 3.8) is 0 Å². The average Bonchev–Trinajstić information content (AvgIpc) is 3.03. The first-order valence-corrected chi connectivity index (χ1v) is 9.45. The molecule has 0 radical (unpaired) electrons. The molecule has 0 N–H and O–H groups in total. The van der Waals surface area contributed by atoms with Gasteiger partial charge >= 0.3 is 0 Å². The lowest BCUT2D eigenvalue weighted by Gasteiger charge is -2.42. The van der Waals surface area contributed by atoms with Crippen molar-refractivity contribution in [3.8, 4) is 0 Å². The molecule has 7 heteroatoms. The van der Waals surface area contributed by atoms with Crippen LogP contribution in [0.2, 0.25) is 5.02 Å². The Morgan fingerprint density at radius 3 is 3.00 bits per heavy atom. The number of carbonyl (C=O) groups excluding carboxylic acids is 1. The first kappa shape index (κ1) is 17.6. The van der Waals surface area contributed by atoms with Gasteiger partial charge in [-0.15, -0.1) is 0 Å². The van der Waals surface area contributed by atoms with Crippen LogP contribution < -0.4 is 4.90 Å². The first-order valence-electron chi connectivity index (χ1n) is 9.07. The molecule has 2 saturated heterocycles. The van der Waals surface area contributed by atoms with Crippen molar-refractivity contribution in [2.75, 3.05) is 44.8 Å². The lowest BCUT2D eigenvalue weighted by Crippen LogP contribution is -2.51. The zero-order valence-corrected chi connectivity index (χ0v) is 16.0. The smallest absolute Gasteiger partial charge is 0.298 e. The van der Waals surface area contributed by atoms with Crippen molar-refractivity contribution in [2.45, 2.75) is 19.8 Å². The van der Waals surface area contributed by atoms with E-state index < -0.39 is 0 Å². The number of ether oxygens (including phenoxy) is 1. The summed E-state index contributed by atoms with van der Waals surface area (Å²) < 4.78 is 11.2. The topological polar surface area (TPSA) is 58.8 Å². The van der Waals surface area contributed by atoms with Crippen molar-refractivity contribution >= 4 is 34.6 Å². The van der Waals surface area contributed by atoms with E-state index in [2.05, 4.69) is 16.8 Å². The van der Waals surface area contributed by atoms with E-state index in [-0.39, 0.29) is 17.2 Å². The fourth-order valence-corrected chi connectivity index (χ4v) is 4.05. The van der Waals surface area contributed by atoms with E-state index in [0.29, 0.717) is 23.2 Å². The highest BCUT2D eigenvalue weighted by atomic mass is 35.5. The quantitative estimate of drug-likeness (QED) is 0.818. The summed E-state index contributed by atoms with van der Waals surface area (Å²) in [7, 11) is 1.90. The largest absolute Gasteiger partial charge is 0.423 e. The average molecular weight is 378 g/mol. The monoisotopic (exact) mass is 377 g/mol. The highest BCUT2D eigenvalue weighted by Crippen LogP contribution is 2.30. The van der Waals surface area contributed by atoms with Crippen LogP contribution in [-0.4, -0.2) is 55.7 Å². The second-order valence-electron chi connectivity index (χ2n) is 7.89. The molecule has 0 bridgehead atoms. The Labute approximate surface area is 158 Å². The first-order chi connectivity index (χ1) is 12.4. The molecule has 4 rings (SSSR count). The van der Waals surface area contributed by atoms with Gasteiger partial charge in [-0.3, -0.25) is 4.79 Å². The number of fused-ring (bicyclic) bond motifs is 1. The molecule has 1 atom stereocenters. The van der Waals surface area contributed by atoms with Gasteiger partial charge in [-0.2, -0.15) is 4.98 Å². The Balaban J connectivity index is 1.45. The molecule has 140 valence electrons. The number of halogens is 1. The zero-order valence-electron chi connectivity index (χ0n) is 15.2. The number of hydrogen-bond donors (Lipinski definition) is 0. The lowest BCUT2D eigenvalue weighted by atomic mass is 9.87. The highest BCUT2D eigenvalue weighted by molar-refractivity contribution is 6.31. The Morgan fingerprint density at radius 2 is 2.27 bits per heavy atom. The lowest BCUT2D eigenvalue weighted by molar-refractivity contribution is -0.145. The van der Waals surface area contributed by atoms with Crippen LogP contribution in [0.25, 0.3) is 11.1 Å². The fraction of sp³-hybridized carbons (Fsp3) is 0.579. The summed E-state index contributed by atoms with van der Waals surface area (Å²) in [6, 6.07) is 5.99. The highest BCUT2D eigenvalue weighted by Gasteiger charge is 2.37. The number of amides is 1. The Bertz CT molecular complexity index is 817. The van der Waals surface area contributed by atoms with Gasteiger partial charge in [0.1, 0.15) is 5.52 Å². The molecule has 2 fully saturated rings. The molecule has 2 aliphatic heterocycles. The fourth-order valence-electron chi connectivity index (χ4n) is 3.88. The second-order valence-corrected chi connectivity index (χ2v) is 8.33. The van der Waals surface area contributed by atoms with E-state index in [0.717, 1.165) is 44.7 Å². The standard InChI is InChI=1S/C19H24ClN3O3/c1-19(11-25-12-19)10-22(2)17(24)13-4-3-7-23(9-13)18-21-15-8-14(20)5-6-16(15)26-18/h5-6,8,13H,3-4,7,9-12H2,1-2H3. The second kappa shape index (κ2) is 6.74. The molecule has 0 spiro atoms. The number of nitrogens with zero attached hydrogens (tertiary/aromatic N) is 3. The maximum atomic E-state index is 12.9. The summed E-state index contributed by atoms with van der Waals surface area (Å²) in [5, 5.41) is 0.638. The van der Waals surface area contributed by atoms with Crippen LogP contribution in [0.15, 0.2) is 22.6 Å². The van der Waals surface area contributed by atoms with Gasteiger partial charge in [0, 0.05) is 37.1 Å². The van der Waals surface area contributed by atoms with Crippen molar-refractivity contribution in [1.29, 1.82) is 0 Å². The van der Waals surface area contributed by atoms with E-state index in [1.54, 1.807) is 12.1 Å². The number of hydrogen-bond acceptors (Lipinski definition) is 5. The van der Waals surface area contributed by atoms with E-state index in [9.17, 15) is 4.79 Å². The third-order valence-corrected chi connectivity index (χ3v) is 5.51. The molecule has 1 amide bonds. The summed E-state index contributed by atoms with van der Waals surface area (Å²) in [5.74, 6) is 0.166. The Kier molecular flexibility index (Phi) is 4.57.